The van der Waals surface area contributed by atoms with Crippen molar-refractivity contribution in [2.75, 3.05) is 6.26 Å². The zero-order valence-corrected chi connectivity index (χ0v) is 22.0. The molecule has 0 radical (unpaired) electrons. The highest BCUT2D eigenvalue weighted by Crippen LogP contribution is 2.39. The topological polar surface area (TPSA) is 78.0 Å². The summed E-state index contributed by atoms with van der Waals surface area (Å²) < 4.78 is 46.8. The van der Waals surface area contributed by atoms with Crippen LogP contribution in [0, 0.1) is 33.5 Å². The lowest BCUT2D eigenvalue weighted by molar-refractivity contribution is 0.533. The van der Waals surface area contributed by atoms with E-state index in [2.05, 4.69) is 4.98 Å². The summed E-state index contributed by atoms with van der Waals surface area (Å²) in [5.74, 6) is 1.37. The van der Waals surface area contributed by atoms with Crippen molar-refractivity contribution in [1.82, 2.24) is 14.5 Å². The van der Waals surface area contributed by atoms with Gasteiger partial charge in [-0.1, -0.05) is 30.3 Å². The molecule has 0 bridgehead atoms. The van der Waals surface area contributed by atoms with Crippen LogP contribution in [0.15, 0.2) is 76.2 Å². The lowest BCUT2D eigenvalue weighted by Crippen LogP contribution is -2.00. The van der Waals surface area contributed by atoms with Crippen molar-refractivity contribution in [2.45, 2.75) is 32.6 Å². The summed E-state index contributed by atoms with van der Waals surface area (Å²) in [6.07, 6.45) is 3.13. The van der Waals surface area contributed by atoms with Crippen molar-refractivity contribution in [2.24, 2.45) is 0 Å². The molecule has 0 aliphatic rings. The fourth-order valence-electron chi connectivity index (χ4n) is 4.42. The molecule has 188 valence electrons. The molecule has 3 aromatic carbocycles. The largest absolute Gasteiger partial charge is 0.440 e. The predicted octanol–water partition coefficient (Wildman–Crippen LogP) is 6.64. The van der Waals surface area contributed by atoms with Crippen LogP contribution in [-0.4, -0.2) is 29.2 Å². The minimum absolute atomic E-state index is 0.241. The van der Waals surface area contributed by atoms with Crippen LogP contribution in [0.4, 0.5) is 4.39 Å². The molecule has 2 aromatic heterocycles. The van der Waals surface area contributed by atoms with Crippen molar-refractivity contribution in [1.29, 1.82) is 0 Å². The first-order valence-corrected chi connectivity index (χ1v) is 13.6. The second-order valence-corrected chi connectivity index (χ2v) is 11.2. The van der Waals surface area contributed by atoms with Gasteiger partial charge in [0.15, 0.2) is 21.5 Å². The Bertz CT molecular complexity index is 1770. The van der Waals surface area contributed by atoms with Crippen molar-refractivity contribution >= 4 is 9.84 Å². The molecule has 5 rings (SSSR count). The van der Waals surface area contributed by atoms with Crippen LogP contribution in [0.2, 0.25) is 0 Å². The first-order chi connectivity index (χ1) is 17.5. The van der Waals surface area contributed by atoms with Gasteiger partial charge in [0.2, 0.25) is 0 Å². The normalized spacial score (nSPS) is 11.7. The summed E-state index contributed by atoms with van der Waals surface area (Å²) in [6.45, 7) is 7.31. The van der Waals surface area contributed by atoms with Gasteiger partial charge in [-0.05, 0) is 67.8 Å². The molecule has 0 spiro atoms. The third kappa shape index (κ3) is 4.72. The van der Waals surface area contributed by atoms with Gasteiger partial charge in [0, 0.05) is 30.5 Å². The highest BCUT2D eigenvalue weighted by molar-refractivity contribution is 7.90. The number of aryl methyl sites for hydroxylation is 4. The van der Waals surface area contributed by atoms with E-state index < -0.39 is 9.84 Å². The van der Waals surface area contributed by atoms with Gasteiger partial charge < -0.3 is 8.98 Å². The summed E-state index contributed by atoms with van der Waals surface area (Å²) in [6, 6.07) is 17.6. The van der Waals surface area contributed by atoms with E-state index in [0.717, 1.165) is 33.9 Å². The van der Waals surface area contributed by atoms with Gasteiger partial charge in [0.05, 0.1) is 16.3 Å². The molecule has 8 heteroatoms. The lowest BCUT2D eigenvalue weighted by Gasteiger charge is -2.14. The van der Waals surface area contributed by atoms with E-state index in [0.29, 0.717) is 28.5 Å². The van der Waals surface area contributed by atoms with Crippen molar-refractivity contribution in [3.05, 3.63) is 95.7 Å². The molecule has 0 amide bonds. The van der Waals surface area contributed by atoms with Crippen LogP contribution in [-0.2, 0) is 9.84 Å². The fourth-order valence-corrected chi connectivity index (χ4v) is 5.09. The number of aromatic nitrogens is 3. The van der Waals surface area contributed by atoms with E-state index in [1.807, 2.05) is 54.9 Å². The highest BCUT2D eigenvalue weighted by Gasteiger charge is 2.22. The van der Waals surface area contributed by atoms with Crippen LogP contribution in [0.1, 0.15) is 23.0 Å². The first-order valence-electron chi connectivity index (χ1n) is 11.7. The summed E-state index contributed by atoms with van der Waals surface area (Å²) >= 11 is 0. The molecule has 0 aliphatic carbocycles. The first kappa shape index (κ1) is 24.6. The number of imidazole rings is 1. The van der Waals surface area contributed by atoms with E-state index in [1.165, 1.54) is 12.3 Å². The summed E-state index contributed by atoms with van der Waals surface area (Å²) in [5.41, 5.74) is 5.66. The number of hydrogen-bond acceptors (Lipinski definition) is 5. The molecule has 0 atom stereocenters. The van der Waals surface area contributed by atoms with Gasteiger partial charge in [-0.2, -0.15) is 0 Å². The van der Waals surface area contributed by atoms with Crippen LogP contribution < -0.4 is 0 Å². The van der Waals surface area contributed by atoms with Gasteiger partial charge in [0.1, 0.15) is 17.3 Å². The summed E-state index contributed by atoms with van der Waals surface area (Å²) in [4.78, 5) is 9.50. The Morgan fingerprint density at radius 3 is 2.27 bits per heavy atom. The third-order valence-corrected chi connectivity index (χ3v) is 7.39. The number of hydrogen-bond donors (Lipinski definition) is 0. The molecular weight excluding hydrogens is 489 g/mol. The van der Waals surface area contributed by atoms with Gasteiger partial charge in [-0.3, -0.25) is 0 Å². The van der Waals surface area contributed by atoms with Crippen LogP contribution in [0.25, 0.3) is 39.4 Å². The molecule has 0 N–H and O–H groups in total. The van der Waals surface area contributed by atoms with E-state index in [-0.39, 0.29) is 10.7 Å². The Labute approximate surface area is 215 Å². The fraction of sp³-hybridized carbons (Fsp3) is 0.172. The Kier molecular flexibility index (Phi) is 6.07. The third-order valence-electron chi connectivity index (χ3n) is 6.28. The van der Waals surface area contributed by atoms with E-state index in [4.69, 9.17) is 9.40 Å². The van der Waals surface area contributed by atoms with Gasteiger partial charge >= 0.3 is 0 Å². The molecule has 0 saturated heterocycles. The maximum absolute atomic E-state index is 14.5. The van der Waals surface area contributed by atoms with E-state index in [1.54, 1.807) is 38.1 Å². The smallest absolute Gasteiger partial charge is 0.192 e. The summed E-state index contributed by atoms with van der Waals surface area (Å²) in [5, 5.41) is 0. The molecule has 0 saturated carbocycles. The zero-order valence-electron chi connectivity index (χ0n) is 21.2. The molecular formula is C29H26FN3O3S. The average Bonchev–Trinajstić information content (AvgIpc) is 3.41. The average molecular weight is 516 g/mol. The van der Waals surface area contributed by atoms with Crippen LogP contribution in [0.5, 0.6) is 0 Å². The minimum atomic E-state index is -3.37. The molecule has 0 unspecified atom stereocenters. The lowest BCUT2D eigenvalue weighted by atomic mass is 9.97. The minimum Gasteiger partial charge on any atom is -0.440 e. The number of benzene rings is 3. The second-order valence-electron chi connectivity index (χ2n) is 9.21. The van der Waals surface area contributed by atoms with Gasteiger partial charge in [-0.15, -0.1) is 0 Å². The molecule has 6 nitrogen and oxygen atoms in total. The number of sulfone groups is 1. The van der Waals surface area contributed by atoms with Crippen LogP contribution >= 0.6 is 0 Å². The maximum Gasteiger partial charge on any atom is 0.192 e. The quantitative estimate of drug-likeness (QED) is 0.262. The van der Waals surface area contributed by atoms with Crippen molar-refractivity contribution in [3.63, 3.8) is 0 Å². The Hall–Kier alpha value is -4.04. The molecule has 37 heavy (non-hydrogen) atoms. The Morgan fingerprint density at radius 2 is 1.59 bits per heavy atom. The second kappa shape index (κ2) is 9.12. The van der Waals surface area contributed by atoms with Gasteiger partial charge in [0.25, 0.3) is 0 Å². The molecule has 0 fully saturated rings. The van der Waals surface area contributed by atoms with Gasteiger partial charge in [-0.25, -0.2) is 22.8 Å². The van der Waals surface area contributed by atoms with Crippen molar-refractivity contribution < 1.29 is 17.2 Å². The zero-order chi connectivity index (χ0) is 26.5. The molecule has 2 heterocycles. The summed E-state index contributed by atoms with van der Waals surface area (Å²) in [7, 11) is -3.37. The van der Waals surface area contributed by atoms with Crippen LogP contribution in [0.3, 0.4) is 0 Å². The standard InChI is InChI=1S/C29H26FN3O3S/c1-17-9-10-23(15-26(17)30)29-28(32-20(4)36-29)25-14-22(21-7-6-8-24(13-21)37(5,34)35)11-12-27(25)33-16-18(2)31-19(33)3/h6-16H,1-5H3. The van der Waals surface area contributed by atoms with Crippen molar-refractivity contribution in [3.8, 4) is 39.4 Å². The number of halogens is 1. The monoisotopic (exact) mass is 515 g/mol. The van der Waals surface area contributed by atoms with E-state index in [9.17, 15) is 12.8 Å². The SMILES string of the molecule is Cc1cn(-c2ccc(-c3cccc(S(C)(=O)=O)c3)cc2-c2nc(C)oc2-c2ccc(C)c(F)c2)c(C)n1. The molecule has 5 aromatic rings. The molecule has 0 aliphatic heterocycles. The number of rotatable bonds is 5. The Balaban J connectivity index is 1.77. The maximum atomic E-state index is 14.5. The predicted molar refractivity (Wildman–Crippen MR) is 142 cm³/mol. The number of oxazole rings is 1. The van der Waals surface area contributed by atoms with E-state index >= 15 is 0 Å². The Morgan fingerprint density at radius 1 is 0.865 bits per heavy atom. The highest BCUT2D eigenvalue weighted by atomic mass is 32.2. The number of nitrogens with zero attached hydrogens (tertiary/aromatic N) is 3.